The zero-order valence-electron chi connectivity index (χ0n) is 19.1. The number of nitrogens with zero attached hydrogens (tertiary/aromatic N) is 4. The molecule has 4 rings (SSSR count). The number of aryl methyl sites for hydroxylation is 1. The molecule has 1 fully saturated rings. The van der Waals surface area contributed by atoms with E-state index in [0.29, 0.717) is 41.4 Å². The van der Waals surface area contributed by atoms with Crippen molar-refractivity contribution in [3.05, 3.63) is 64.1 Å². The number of aromatic nitrogens is 2. The fourth-order valence-corrected chi connectivity index (χ4v) is 3.90. The SMILES string of the molecule is Cc1c(N)cccc1-c1cn(C)c(=O)c(Nc2ccc(C(=O)N3CCN(C)CC3)c(N)c2)n1. The van der Waals surface area contributed by atoms with E-state index in [1.807, 2.05) is 37.1 Å². The van der Waals surface area contributed by atoms with Crippen LogP contribution >= 0.6 is 0 Å². The monoisotopic (exact) mass is 447 g/mol. The third kappa shape index (κ3) is 4.54. The van der Waals surface area contributed by atoms with Gasteiger partial charge in [0.05, 0.1) is 11.3 Å². The third-order valence-corrected chi connectivity index (χ3v) is 6.06. The van der Waals surface area contributed by atoms with Crippen LogP contribution < -0.4 is 22.3 Å². The highest BCUT2D eigenvalue weighted by molar-refractivity contribution is 6.00. The van der Waals surface area contributed by atoms with Crippen LogP contribution in [0.2, 0.25) is 0 Å². The molecule has 0 atom stereocenters. The number of hydrogen-bond donors (Lipinski definition) is 3. The summed E-state index contributed by atoms with van der Waals surface area (Å²) in [4.78, 5) is 34.2. The Morgan fingerprint density at radius 2 is 1.76 bits per heavy atom. The Bertz CT molecular complexity index is 1260. The van der Waals surface area contributed by atoms with Gasteiger partial charge in [0.1, 0.15) is 0 Å². The number of benzene rings is 2. The van der Waals surface area contributed by atoms with Crippen molar-refractivity contribution in [2.24, 2.45) is 7.05 Å². The van der Waals surface area contributed by atoms with Gasteiger partial charge in [0.15, 0.2) is 5.82 Å². The fourth-order valence-electron chi connectivity index (χ4n) is 3.90. The van der Waals surface area contributed by atoms with Gasteiger partial charge in [0.25, 0.3) is 11.5 Å². The van der Waals surface area contributed by atoms with Crippen LogP contribution in [0.5, 0.6) is 0 Å². The highest BCUT2D eigenvalue weighted by Gasteiger charge is 2.22. The second kappa shape index (κ2) is 8.95. The number of nitrogens with one attached hydrogen (secondary N) is 1. The standard InChI is InChI=1S/C24H29N7O2/c1-15-17(5-4-6-19(15)25)21-14-30(3)24(33)22(28-21)27-16-7-8-18(20(26)13-16)23(32)31-11-9-29(2)10-12-31/h4-8,13-14H,9-12,25-26H2,1-3H3,(H,27,28). The number of carbonyl (C=O) groups is 1. The lowest BCUT2D eigenvalue weighted by atomic mass is 10.0. The molecule has 2 heterocycles. The van der Waals surface area contributed by atoms with Crippen LogP contribution in [0, 0.1) is 6.92 Å². The van der Waals surface area contributed by atoms with E-state index in [0.717, 1.165) is 24.2 Å². The van der Waals surface area contributed by atoms with E-state index in [4.69, 9.17) is 11.5 Å². The van der Waals surface area contributed by atoms with Gasteiger partial charge in [0, 0.05) is 62.0 Å². The molecule has 1 amide bonds. The summed E-state index contributed by atoms with van der Waals surface area (Å²) in [6, 6.07) is 10.7. The Morgan fingerprint density at radius 3 is 2.45 bits per heavy atom. The van der Waals surface area contributed by atoms with Crippen molar-refractivity contribution >= 4 is 28.8 Å². The third-order valence-electron chi connectivity index (χ3n) is 6.06. The second-order valence-corrected chi connectivity index (χ2v) is 8.43. The van der Waals surface area contributed by atoms with Gasteiger partial charge in [-0.25, -0.2) is 4.98 Å². The number of anilines is 4. The number of nitrogens with two attached hydrogens (primary N) is 2. The number of rotatable bonds is 4. The van der Waals surface area contributed by atoms with Gasteiger partial charge >= 0.3 is 0 Å². The van der Waals surface area contributed by atoms with Crippen LogP contribution in [0.4, 0.5) is 22.9 Å². The quantitative estimate of drug-likeness (QED) is 0.523. The van der Waals surface area contributed by atoms with Gasteiger partial charge in [-0.05, 0) is 43.8 Å². The minimum Gasteiger partial charge on any atom is -0.398 e. The molecule has 9 nitrogen and oxygen atoms in total. The molecule has 0 saturated carbocycles. The molecular weight excluding hydrogens is 418 g/mol. The van der Waals surface area contributed by atoms with E-state index in [1.54, 1.807) is 31.4 Å². The number of carbonyl (C=O) groups excluding carboxylic acids is 1. The molecule has 0 spiro atoms. The molecule has 0 unspecified atom stereocenters. The molecule has 33 heavy (non-hydrogen) atoms. The lowest BCUT2D eigenvalue weighted by Crippen LogP contribution is -2.47. The Balaban J connectivity index is 1.61. The average Bonchev–Trinajstić information content (AvgIpc) is 2.79. The summed E-state index contributed by atoms with van der Waals surface area (Å²) in [5, 5.41) is 3.06. The maximum absolute atomic E-state index is 12.9. The summed E-state index contributed by atoms with van der Waals surface area (Å²) >= 11 is 0. The maximum atomic E-state index is 12.9. The van der Waals surface area contributed by atoms with Crippen LogP contribution in [0.15, 0.2) is 47.4 Å². The minimum absolute atomic E-state index is 0.0830. The first-order chi connectivity index (χ1) is 15.7. The average molecular weight is 448 g/mol. The van der Waals surface area contributed by atoms with Gasteiger partial charge in [-0.15, -0.1) is 0 Å². The number of amides is 1. The van der Waals surface area contributed by atoms with Gasteiger partial charge < -0.3 is 31.2 Å². The summed E-state index contributed by atoms with van der Waals surface area (Å²) in [6.45, 7) is 4.93. The Kier molecular flexibility index (Phi) is 6.06. The van der Waals surface area contributed by atoms with Crippen molar-refractivity contribution in [1.82, 2.24) is 19.4 Å². The fraction of sp³-hybridized carbons (Fsp3) is 0.292. The predicted molar refractivity (Wildman–Crippen MR) is 132 cm³/mol. The largest absolute Gasteiger partial charge is 0.398 e. The van der Waals surface area contributed by atoms with E-state index in [2.05, 4.69) is 15.2 Å². The van der Waals surface area contributed by atoms with E-state index in [-0.39, 0.29) is 17.3 Å². The van der Waals surface area contributed by atoms with Crippen LogP contribution in [-0.2, 0) is 7.05 Å². The number of nitrogen functional groups attached to an aromatic ring is 2. The molecule has 0 aliphatic carbocycles. The number of likely N-dealkylation sites (N-methyl/N-ethyl adjacent to an activating group) is 1. The topological polar surface area (TPSA) is 123 Å². The lowest BCUT2D eigenvalue weighted by molar-refractivity contribution is 0.0665. The van der Waals surface area contributed by atoms with Crippen molar-refractivity contribution in [3.8, 4) is 11.3 Å². The summed E-state index contributed by atoms with van der Waals surface area (Å²) in [5.41, 5.74) is 16.4. The maximum Gasteiger partial charge on any atom is 0.293 e. The van der Waals surface area contributed by atoms with Crippen LogP contribution in [0.1, 0.15) is 15.9 Å². The van der Waals surface area contributed by atoms with Crippen molar-refractivity contribution in [3.63, 3.8) is 0 Å². The normalized spacial score (nSPS) is 14.3. The minimum atomic E-state index is -0.281. The molecule has 3 aromatic rings. The molecule has 5 N–H and O–H groups in total. The zero-order valence-corrected chi connectivity index (χ0v) is 19.1. The van der Waals surface area contributed by atoms with Crippen molar-refractivity contribution in [1.29, 1.82) is 0 Å². The summed E-state index contributed by atoms with van der Waals surface area (Å²) < 4.78 is 1.47. The Labute approximate surface area is 192 Å². The Morgan fingerprint density at radius 1 is 1.03 bits per heavy atom. The number of piperazine rings is 1. The van der Waals surface area contributed by atoms with Crippen molar-refractivity contribution < 1.29 is 4.79 Å². The highest BCUT2D eigenvalue weighted by Crippen LogP contribution is 2.27. The summed E-state index contributed by atoms with van der Waals surface area (Å²) in [5.74, 6) is 0.0784. The van der Waals surface area contributed by atoms with Crippen molar-refractivity contribution in [2.45, 2.75) is 6.92 Å². The smallest absolute Gasteiger partial charge is 0.293 e. The predicted octanol–water partition coefficient (Wildman–Crippen LogP) is 2.05. The van der Waals surface area contributed by atoms with E-state index < -0.39 is 0 Å². The van der Waals surface area contributed by atoms with Crippen LogP contribution in [-0.4, -0.2) is 58.5 Å². The zero-order chi connectivity index (χ0) is 23.7. The van der Waals surface area contributed by atoms with Gasteiger partial charge in [-0.2, -0.15) is 0 Å². The summed E-state index contributed by atoms with van der Waals surface area (Å²) in [6.07, 6.45) is 1.68. The molecule has 0 bridgehead atoms. The Hall–Kier alpha value is -3.85. The molecule has 2 aromatic carbocycles. The number of hydrogen-bond acceptors (Lipinski definition) is 7. The molecule has 0 radical (unpaired) electrons. The van der Waals surface area contributed by atoms with E-state index in [1.165, 1.54) is 4.57 Å². The molecule has 1 aliphatic heterocycles. The molecule has 9 heteroatoms. The first kappa shape index (κ1) is 22.3. The molecule has 172 valence electrons. The highest BCUT2D eigenvalue weighted by atomic mass is 16.2. The summed E-state index contributed by atoms with van der Waals surface area (Å²) in [7, 11) is 3.71. The lowest BCUT2D eigenvalue weighted by Gasteiger charge is -2.32. The van der Waals surface area contributed by atoms with E-state index in [9.17, 15) is 9.59 Å². The van der Waals surface area contributed by atoms with Gasteiger partial charge in [-0.1, -0.05) is 12.1 Å². The molecule has 1 aromatic heterocycles. The van der Waals surface area contributed by atoms with Crippen LogP contribution in [0.3, 0.4) is 0 Å². The molecule has 1 saturated heterocycles. The second-order valence-electron chi connectivity index (χ2n) is 8.43. The van der Waals surface area contributed by atoms with Crippen LogP contribution in [0.25, 0.3) is 11.3 Å². The van der Waals surface area contributed by atoms with Gasteiger partial charge in [0.2, 0.25) is 0 Å². The first-order valence-electron chi connectivity index (χ1n) is 10.8. The van der Waals surface area contributed by atoms with Crippen molar-refractivity contribution in [2.75, 3.05) is 50.0 Å². The van der Waals surface area contributed by atoms with Gasteiger partial charge in [-0.3, -0.25) is 9.59 Å². The molecular formula is C24H29N7O2. The molecule has 1 aliphatic rings. The van der Waals surface area contributed by atoms with E-state index >= 15 is 0 Å². The first-order valence-corrected chi connectivity index (χ1v) is 10.8.